The first-order valence-corrected chi connectivity index (χ1v) is 5.66. The minimum atomic E-state index is -0.188. The van der Waals surface area contributed by atoms with Crippen LogP contribution in [0.25, 0.3) is 0 Å². The third kappa shape index (κ3) is 2.60. The summed E-state index contributed by atoms with van der Waals surface area (Å²) >= 11 is 4.39. The van der Waals surface area contributed by atoms with E-state index in [0.717, 1.165) is 21.7 Å². The Morgan fingerprint density at radius 1 is 1.33 bits per heavy atom. The topological polar surface area (TPSA) is 54.9 Å². The highest BCUT2D eigenvalue weighted by Crippen LogP contribution is 2.15. The van der Waals surface area contributed by atoms with Crippen LogP contribution in [0.3, 0.4) is 0 Å². The summed E-state index contributed by atoms with van der Waals surface area (Å²) in [5.41, 5.74) is 0.747. The maximum Gasteiger partial charge on any atom is 0.269 e. The summed E-state index contributed by atoms with van der Waals surface area (Å²) in [5, 5.41) is 6.34. The molecule has 0 bridgehead atoms. The van der Waals surface area contributed by atoms with Gasteiger partial charge in [0.25, 0.3) is 5.91 Å². The van der Waals surface area contributed by atoms with Gasteiger partial charge in [0.2, 0.25) is 0 Å². The Hall–Kier alpha value is -1.27. The highest BCUT2D eigenvalue weighted by Gasteiger charge is 2.07. The number of hydrogen-bond acceptors (Lipinski definition) is 4. The Balaban J connectivity index is 2.09. The van der Waals surface area contributed by atoms with Gasteiger partial charge in [0.05, 0.1) is 6.20 Å². The zero-order valence-corrected chi connectivity index (χ0v) is 9.88. The van der Waals surface area contributed by atoms with Crippen molar-refractivity contribution < 1.29 is 4.79 Å². The molecule has 15 heavy (non-hydrogen) atoms. The van der Waals surface area contributed by atoms with Gasteiger partial charge in [0.15, 0.2) is 0 Å². The van der Waals surface area contributed by atoms with Gasteiger partial charge < -0.3 is 5.32 Å². The molecule has 0 saturated heterocycles. The minimum Gasteiger partial charge on any atom is -0.321 e. The quantitative estimate of drug-likeness (QED) is 0.922. The summed E-state index contributed by atoms with van der Waals surface area (Å²) in [6.07, 6.45) is 1.44. The molecule has 76 valence electrons. The lowest BCUT2D eigenvalue weighted by molar-refractivity contribution is 0.103. The number of halogens is 1. The van der Waals surface area contributed by atoms with Gasteiger partial charge in [-0.3, -0.25) is 4.79 Å². The van der Waals surface area contributed by atoms with E-state index in [1.54, 1.807) is 0 Å². The highest BCUT2D eigenvalue weighted by atomic mass is 79.9. The smallest absolute Gasteiger partial charge is 0.269 e. The van der Waals surface area contributed by atoms with Gasteiger partial charge in [-0.2, -0.15) is 0 Å². The van der Waals surface area contributed by atoms with Crippen molar-refractivity contribution in [3.63, 3.8) is 0 Å². The number of carbonyl (C=O) groups is 1. The molecule has 0 atom stereocenters. The van der Waals surface area contributed by atoms with Crippen molar-refractivity contribution in [2.24, 2.45) is 0 Å². The van der Waals surface area contributed by atoms with E-state index in [1.165, 1.54) is 6.20 Å². The van der Waals surface area contributed by atoms with Crippen LogP contribution in [0.15, 0.2) is 34.9 Å². The average Bonchev–Trinajstić information content (AvgIpc) is 2.74. The van der Waals surface area contributed by atoms with Crippen LogP contribution < -0.4 is 5.32 Å². The molecule has 0 radical (unpaired) electrons. The Morgan fingerprint density at radius 3 is 2.67 bits per heavy atom. The molecule has 0 aliphatic heterocycles. The summed E-state index contributed by atoms with van der Waals surface area (Å²) < 4.78 is 4.59. The van der Waals surface area contributed by atoms with Gasteiger partial charge in [-0.1, -0.05) is 20.4 Å². The fraction of sp³-hybridized carbons (Fsp3) is 0. The number of benzene rings is 1. The van der Waals surface area contributed by atoms with Crippen molar-refractivity contribution in [1.82, 2.24) is 9.59 Å². The van der Waals surface area contributed by atoms with Crippen LogP contribution in [0.5, 0.6) is 0 Å². The second-order valence-corrected chi connectivity index (χ2v) is 4.44. The normalized spacial score (nSPS) is 9.93. The number of rotatable bonds is 2. The second-order valence-electron chi connectivity index (χ2n) is 2.74. The molecule has 1 aromatic heterocycles. The number of nitrogens with one attached hydrogen (secondary N) is 1. The highest BCUT2D eigenvalue weighted by molar-refractivity contribution is 9.10. The van der Waals surface area contributed by atoms with E-state index in [1.807, 2.05) is 24.3 Å². The minimum absolute atomic E-state index is 0.188. The average molecular weight is 284 g/mol. The largest absolute Gasteiger partial charge is 0.321 e. The van der Waals surface area contributed by atoms with Crippen LogP contribution in [0.2, 0.25) is 0 Å². The third-order valence-electron chi connectivity index (χ3n) is 1.69. The summed E-state index contributed by atoms with van der Waals surface area (Å²) in [6.45, 7) is 0. The number of hydrogen-bond donors (Lipinski definition) is 1. The van der Waals surface area contributed by atoms with Gasteiger partial charge in [-0.05, 0) is 35.8 Å². The standard InChI is InChI=1S/C9H6BrN3OS/c10-6-1-3-7(4-2-6)12-9(14)8-5-11-13-15-8/h1-5H,(H,12,14). The van der Waals surface area contributed by atoms with E-state index in [-0.39, 0.29) is 5.91 Å². The summed E-state index contributed by atoms with van der Waals surface area (Å²) in [4.78, 5) is 12.1. The van der Waals surface area contributed by atoms with Crippen LogP contribution in [0.4, 0.5) is 5.69 Å². The van der Waals surface area contributed by atoms with E-state index in [9.17, 15) is 4.79 Å². The lowest BCUT2D eigenvalue weighted by Crippen LogP contribution is -2.09. The summed E-state index contributed by atoms with van der Waals surface area (Å²) in [6, 6.07) is 7.36. The lowest BCUT2D eigenvalue weighted by Gasteiger charge is -2.02. The molecular weight excluding hydrogens is 278 g/mol. The molecular formula is C9H6BrN3OS. The Bertz CT molecular complexity index is 455. The number of anilines is 1. The van der Waals surface area contributed by atoms with Crippen LogP contribution >= 0.6 is 27.5 Å². The molecule has 0 aliphatic carbocycles. The van der Waals surface area contributed by atoms with Crippen molar-refractivity contribution >= 4 is 39.1 Å². The molecule has 1 N–H and O–H groups in total. The fourth-order valence-corrected chi connectivity index (χ4v) is 1.67. The van der Waals surface area contributed by atoms with Gasteiger partial charge in [0, 0.05) is 10.2 Å². The van der Waals surface area contributed by atoms with Crippen molar-refractivity contribution in [3.05, 3.63) is 39.8 Å². The molecule has 1 heterocycles. The first-order chi connectivity index (χ1) is 7.25. The molecule has 6 heteroatoms. The molecule has 0 saturated carbocycles. The first-order valence-electron chi connectivity index (χ1n) is 4.10. The first kappa shape index (κ1) is 10.3. The van der Waals surface area contributed by atoms with E-state index in [4.69, 9.17) is 0 Å². The molecule has 0 aliphatic rings. The van der Waals surface area contributed by atoms with Crippen LogP contribution in [0.1, 0.15) is 9.67 Å². The predicted octanol–water partition coefficient (Wildman–Crippen LogP) is 2.55. The third-order valence-corrected chi connectivity index (χ3v) is 2.88. The fourth-order valence-electron chi connectivity index (χ4n) is 0.993. The van der Waals surface area contributed by atoms with Gasteiger partial charge in [-0.15, -0.1) is 5.10 Å². The van der Waals surface area contributed by atoms with Crippen LogP contribution in [-0.4, -0.2) is 15.5 Å². The Labute approximate surface area is 98.6 Å². The Morgan fingerprint density at radius 2 is 2.07 bits per heavy atom. The summed E-state index contributed by atoms with van der Waals surface area (Å²) in [7, 11) is 0. The van der Waals surface area contributed by atoms with E-state index in [2.05, 4.69) is 30.8 Å². The van der Waals surface area contributed by atoms with E-state index >= 15 is 0 Å². The molecule has 0 unspecified atom stereocenters. The van der Waals surface area contributed by atoms with Gasteiger partial charge in [-0.25, -0.2) is 0 Å². The predicted molar refractivity (Wildman–Crippen MR) is 62.0 cm³/mol. The molecule has 1 amide bonds. The molecule has 0 spiro atoms. The van der Waals surface area contributed by atoms with Crippen molar-refractivity contribution in [1.29, 1.82) is 0 Å². The van der Waals surface area contributed by atoms with Crippen molar-refractivity contribution in [2.75, 3.05) is 5.32 Å². The maximum atomic E-state index is 11.6. The van der Waals surface area contributed by atoms with E-state index in [0.29, 0.717) is 4.88 Å². The number of amides is 1. The van der Waals surface area contributed by atoms with Crippen molar-refractivity contribution in [2.45, 2.75) is 0 Å². The maximum absolute atomic E-state index is 11.6. The second kappa shape index (κ2) is 4.50. The van der Waals surface area contributed by atoms with Crippen molar-refractivity contribution in [3.8, 4) is 0 Å². The summed E-state index contributed by atoms with van der Waals surface area (Å²) in [5.74, 6) is -0.188. The molecule has 4 nitrogen and oxygen atoms in total. The zero-order valence-electron chi connectivity index (χ0n) is 7.48. The van der Waals surface area contributed by atoms with Gasteiger partial charge in [0.1, 0.15) is 4.88 Å². The van der Waals surface area contributed by atoms with Crippen LogP contribution in [-0.2, 0) is 0 Å². The lowest BCUT2D eigenvalue weighted by atomic mass is 10.3. The zero-order chi connectivity index (χ0) is 10.7. The number of aromatic nitrogens is 2. The molecule has 2 aromatic rings. The molecule has 0 fully saturated rings. The van der Waals surface area contributed by atoms with E-state index < -0.39 is 0 Å². The number of nitrogens with zero attached hydrogens (tertiary/aromatic N) is 2. The van der Waals surface area contributed by atoms with Crippen LogP contribution in [0, 0.1) is 0 Å². The monoisotopic (exact) mass is 283 g/mol. The molecule has 1 aromatic carbocycles. The Kier molecular flexibility index (Phi) is 3.08. The van der Waals surface area contributed by atoms with Gasteiger partial charge >= 0.3 is 0 Å². The molecule has 2 rings (SSSR count). The number of carbonyl (C=O) groups excluding carboxylic acids is 1. The SMILES string of the molecule is O=C(Nc1ccc(Br)cc1)c1cnns1.